The van der Waals surface area contributed by atoms with Crippen LogP contribution < -0.4 is 0 Å². The Kier molecular flexibility index (Phi) is 3.92. The van der Waals surface area contributed by atoms with Gasteiger partial charge in [-0.3, -0.25) is 0 Å². The second-order valence-electron chi connectivity index (χ2n) is 5.06. The molecule has 6 nitrogen and oxygen atoms in total. The summed E-state index contributed by atoms with van der Waals surface area (Å²) in [6.07, 6.45) is 0.940. The van der Waals surface area contributed by atoms with E-state index in [4.69, 9.17) is 19.3 Å². The zero-order valence-corrected chi connectivity index (χ0v) is 11.2. The van der Waals surface area contributed by atoms with Crippen molar-refractivity contribution < 1.29 is 29.2 Å². The minimum absolute atomic E-state index is 0.167. The Bertz CT molecular complexity index is 538. The normalized spacial score (nSPS) is 31.5. The van der Waals surface area contributed by atoms with Gasteiger partial charge in [0, 0.05) is 6.08 Å². The van der Waals surface area contributed by atoms with Gasteiger partial charge in [-0.25, -0.2) is 4.79 Å². The van der Waals surface area contributed by atoms with Crippen LogP contribution in [0.4, 0.5) is 0 Å². The van der Waals surface area contributed by atoms with Gasteiger partial charge < -0.3 is 24.4 Å². The molecule has 2 aliphatic rings. The number of aromatic hydroxyl groups is 1. The van der Waals surface area contributed by atoms with Crippen molar-refractivity contribution in [1.82, 2.24) is 0 Å². The number of phenolic OH excluding ortho intramolecular Hbond substituents is 1. The van der Waals surface area contributed by atoms with Gasteiger partial charge in [0.25, 0.3) is 0 Å². The van der Waals surface area contributed by atoms with Crippen molar-refractivity contribution >= 4 is 12.0 Å². The topological polar surface area (TPSA) is 85.2 Å². The second kappa shape index (κ2) is 5.85. The second-order valence-corrected chi connectivity index (χ2v) is 5.06. The molecule has 1 aromatic rings. The maximum atomic E-state index is 11.8. The summed E-state index contributed by atoms with van der Waals surface area (Å²) >= 11 is 0. The van der Waals surface area contributed by atoms with Crippen LogP contribution in [0.2, 0.25) is 0 Å². The molecule has 2 N–H and O–H groups in total. The Morgan fingerprint density at radius 2 is 1.90 bits per heavy atom. The zero-order chi connectivity index (χ0) is 14.8. The average molecular weight is 292 g/mol. The molecule has 0 aromatic heterocycles. The third kappa shape index (κ3) is 3.07. The molecule has 0 radical (unpaired) electrons. The summed E-state index contributed by atoms with van der Waals surface area (Å²) in [7, 11) is 0. The Morgan fingerprint density at radius 1 is 1.19 bits per heavy atom. The van der Waals surface area contributed by atoms with Crippen LogP contribution in [0.15, 0.2) is 30.3 Å². The predicted molar refractivity (Wildman–Crippen MR) is 72.5 cm³/mol. The van der Waals surface area contributed by atoms with Gasteiger partial charge in [-0.05, 0) is 23.8 Å². The highest BCUT2D eigenvalue weighted by Crippen LogP contribution is 2.28. The monoisotopic (exact) mass is 292 g/mol. The minimum atomic E-state index is -0.661. The van der Waals surface area contributed by atoms with E-state index in [1.54, 1.807) is 18.2 Å². The van der Waals surface area contributed by atoms with Crippen molar-refractivity contribution in [2.24, 2.45) is 0 Å². The lowest BCUT2D eigenvalue weighted by molar-refractivity contribution is -0.147. The van der Waals surface area contributed by atoms with Crippen LogP contribution in [0.5, 0.6) is 5.75 Å². The SMILES string of the molecule is O=C(/C=C/c1ccc(O)cc1)O[C@H]1COC2C1OC[C@H]2O. The molecule has 0 saturated carbocycles. The number of carbonyl (C=O) groups is 1. The highest BCUT2D eigenvalue weighted by Gasteiger charge is 2.48. The Morgan fingerprint density at radius 3 is 2.67 bits per heavy atom. The lowest BCUT2D eigenvalue weighted by Gasteiger charge is -2.15. The molecular formula is C15H16O6. The van der Waals surface area contributed by atoms with Crippen molar-refractivity contribution in [3.63, 3.8) is 0 Å². The molecule has 1 aromatic carbocycles. The Balaban J connectivity index is 1.56. The summed E-state index contributed by atoms with van der Waals surface area (Å²) in [5, 5.41) is 18.8. The number of esters is 1. The first kappa shape index (κ1) is 14.1. The molecule has 0 spiro atoms. The van der Waals surface area contributed by atoms with Crippen LogP contribution in [0.1, 0.15) is 5.56 Å². The number of aliphatic hydroxyl groups excluding tert-OH is 1. The van der Waals surface area contributed by atoms with Crippen LogP contribution in [-0.2, 0) is 19.0 Å². The van der Waals surface area contributed by atoms with E-state index in [0.29, 0.717) is 0 Å². The summed E-state index contributed by atoms with van der Waals surface area (Å²) in [5.41, 5.74) is 0.776. The number of phenols is 1. The van der Waals surface area contributed by atoms with E-state index in [9.17, 15) is 9.90 Å². The molecule has 0 bridgehead atoms. The van der Waals surface area contributed by atoms with Crippen LogP contribution in [0.3, 0.4) is 0 Å². The van der Waals surface area contributed by atoms with Crippen molar-refractivity contribution in [2.75, 3.05) is 13.2 Å². The van der Waals surface area contributed by atoms with E-state index >= 15 is 0 Å². The van der Waals surface area contributed by atoms with Crippen molar-refractivity contribution in [1.29, 1.82) is 0 Å². The summed E-state index contributed by atoms with van der Waals surface area (Å²) in [6, 6.07) is 6.44. The molecule has 4 atom stereocenters. The first-order valence-electron chi connectivity index (χ1n) is 6.72. The molecule has 2 fully saturated rings. The van der Waals surface area contributed by atoms with E-state index in [0.717, 1.165) is 5.56 Å². The molecule has 2 unspecified atom stereocenters. The van der Waals surface area contributed by atoms with Gasteiger partial charge in [-0.2, -0.15) is 0 Å². The van der Waals surface area contributed by atoms with E-state index in [2.05, 4.69) is 0 Å². The third-order valence-electron chi connectivity index (χ3n) is 3.55. The quantitative estimate of drug-likeness (QED) is 0.622. The molecule has 0 amide bonds. The maximum absolute atomic E-state index is 11.8. The van der Waals surface area contributed by atoms with Gasteiger partial charge >= 0.3 is 5.97 Å². The van der Waals surface area contributed by atoms with Crippen molar-refractivity contribution in [2.45, 2.75) is 24.4 Å². The minimum Gasteiger partial charge on any atom is -0.508 e. The standard InChI is InChI=1S/C15H16O6/c16-10-4-1-9(2-5-10)3-6-13(18)21-12-8-20-14-11(17)7-19-15(12)14/h1-6,11-12,14-17H,7-8H2/b6-3+/t11-,12+,14?,15?/m1/s1. The van der Waals surface area contributed by atoms with Crippen molar-refractivity contribution in [3.05, 3.63) is 35.9 Å². The third-order valence-corrected chi connectivity index (χ3v) is 3.55. The first-order chi connectivity index (χ1) is 10.1. The van der Waals surface area contributed by atoms with Gasteiger partial charge in [0.2, 0.25) is 0 Å². The Labute approximate surface area is 121 Å². The fraction of sp³-hybridized carbons (Fsp3) is 0.400. The molecule has 2 heterocycles. The van der Waals surface area contributed by atoms with Gasteiger partial charge in [-0.15, -0.1) is 0 Å². The number of benzene rings is 1. The lowest BCUT2D eigenvalue weighted by atomic mass is 10.1. The van der Waals surface area contributed by atoms with E-state index in [1.807, 2.05) is 0 Å². The number of hydrogen-bond donors (Lipinski definition) is 2. The number of aliphatic hydroxyl groups is 1. The van der Waals surface area contributed by atoms with Crippen LogP contribution in [0, 0.1) is 0 Å². The number of carbonyl (C=O) groups excluding carboxylic acids is 1. The fourth-order valence-corrected chi connectivity index (χ4v) is 2.48. The van der Waals surface area contributed by atoms with Gasteiger partial charge in [0.05, 0.1) is 13.2 Å². The van der Waals surface area contributed by atoms with Gasteiger partial charge in [0.15, 0.2) is 6.10 Å². The number of hydrogen-bond acceptors (Lipinski definition) is 6. The predicted octanol–water partition coefficient (Wildman–Crippen LogP) is 0.476. The zero-order valence-electron chi connectivity index (χ0n) is 11.2. The first-order valence-corrected chi connectivity index (χ1v) is 6.72. The fourth-order valence-electron chi connectivity index (χ4n) is 2.48. The molecule has 2 aliphatic heterocycles. The molecule has 6 heteroatoms. The van der Waals surface area contributed by atoms with Crippen LogP contribution >= 0.6 is 0 Å². The summed E-state index contributed by atoms with van der Waals surface area (Å²) in [4.78, 5) is 11.8. The van der Waals surface area contributed by atoms with Gasteiger partial charge in [-0.1, -0.05) is 12.1 Å². The largest absolute Gasteiger partial charge is 0.508 e. The van der Waals surface area contributed by atoms with Crippen LogP contribution in [0.25, 0.3) is 6.08 Å². The maximum Gasteiger partial charge on any atom is 0.331 e. The lowest BCUT2D eigenvalue weighted by Crippen LogP contribution is -2.33. The van der Waals surface area contributed by atoms with Crippen LogP contribution in [-0.4, -0.2) is 53.8 Å². The molecule has 2 saturated heterocycles. The molecule has 21 heavy (non-hydrogen) atoms. The van der Waals surface area contributed by atoms with E-state index in [1.165, 1.54) is 18.2 Å². The number of ether oxygens (including phenoxy) is 3. The molecule has 3 rings (SSSR count). The molecular weight excluding hydrogens is 276 g/mol. The smallest absolute Gasteiger partial charge is 0.331 e. The summed E-state index contributed by atoms with van der Waals surface area (Å²) < 4.78 is 16.0. The molecule has 112 valence electrons. The average Bonchev–Trinajstić information content (AvgIpc) is 3.03. The highest BCUT2D eigenvalue weighted by molar-refractivity contribution is 5.87. The van der Waals surface area contributed by atoms with E-state index < -0.39 is 30.4 Å². The Hall–Kier alpha value is -1.89. The number of fused-ring (bicyclic) bond motifs is 1. The highest BCUT2D eigenvalue weighted by atomic mass is 16.6. The number of rotatable bonds is 3. The molecule has 0 aliphatic carbocycles. The summed E-state index contributed by atoms with van der Waals surface area (Å²) in [6.45, 7) is 0.428. The van der Waals surface area contributed by atoms with Crippen molar-refractivity contribution in [3.8, 4) is 5.75 Å². The summed E-state index contributed by atoms with van der Waals surface area (Å²) in [5.74, 6) is -0.330. The van der Waals surface area contributed by atoms with E-state index in [-0.39, 0.29) is 19.0 Å². The van der Waals surface area contributed by atoms with Gasteiger partial charge in [0.1, 0.15) is 24.1 Å².